The molecule has 2 aromatic rings. The van der Waals surface area contributed by atoms with Crippen molar-refractivity contribution in [2.24, 2.45) is 0 Å². The summed E-state index contributed by atoms with van der Waals surface area (Å²) in [4.78, 5) is 23.2. The summed E-state index contributed by atoms with van der Waals surface area (Å²) in [5.74, 6) is 0.262. The molecule has 2 heterocycles. The summed E-state index contributed by atoms with van der Waals surface area (Å²) < 4.78 is 0. The number of anilines is 2. The van der Waals surface area contributed by atoms with E-state index in [9.17, 15) is 4.79 Å². The van der Waals surface area contributed by atoms with E-state index in [0.29, 0.717) is 10.9 Å². The molecule has 5 nitrogen and oxygen atoms in total. The number of hydrogen-bond acceptors (Lipinski definition) is 5. The van der Waals surface area contributed by atoms with E-state index in [2.05, 4.69) is 26.3 Å². The maximum Gasteiger partial charge on any atom is 0.234 e. The monoisotopic (exact) mass is 342 g/mol. The minimum absolute atomic E-state index is 0.0404. The Balaban J connectivity index is 1.57. The zero-order chi connectivity index (χ0) is 16.9. The molecule has 6 heteroatoms. The van der Waals surface area contributed by atoms with Gasteiger partial charge in [-0.1, -0.05) is 17.8 Å². The molecule has 0 aliphatic carbocycles. The van der Waals surface area contributed by atoms with Crippen molar-refractivity contribution in [3.63, 3.8) is 0 Å². The molecule has 0 saturated carbocycles. The van der Waals surface area contributed by atoms with Crippen LogP contribution in [0.5, 0.6) is 0 Å². The quantitative estimate of drug-likeness (QED) is 0.666. The third-order valence-electron chi connectivity index (χ3n) is 3.90. The van der Waals surface area contributed by atoms with Gasteiger partial charge in [0.25, 0.3) is 0 Å². The van der Waals surface area contributed by atoms with Gasteiger partial charge in [0.2, 0.25) is 5.91 Å². The van der Waals surface area contributed by atoms with Crippen LogP contribution in [0.4, 0.5) is 11.4 Å². The first-order chi connectivity index (χ1) is 11.6. The van der Waals surface area contributed by atoms with Crippen LogP contribution in [0.25, 0.3) is 0 Å². The lowest BCUT2D eigenvalue weighted by Crippen LogP contribution is -2.18. The van der Waals surface area contributed by atoms with Gasteiger partial charge in [0.05, 0.1) is 5.75 Å². The number of benzene rings is 1. The topological polar surface area (TPSA) is 58.1 Å². The third-order valence-corrected chi connectivity index (χ3v) is 4.74. The predicted molar refractivity (Wildman–Crippen MR) is 98.7 cm³/mol. The van der Waals surface area contributed by atoms with Crippen LogP contribution in [0.15, 0.2) is 35.5 Å². The Labute approximate surface area is 146 Å². The van der Waals surface area contributed by atoms with Gasteiger partial charge in [0.1, 0.15) is 0 Å². The maximum atomic E-state index is 12.2. The van der Waals surface area contributed by atoms with E-state index < -0.39 is 0 Å². The van der Waals surface area contributed by atoms with Crippen LogP contribution in [0.2, 0.25) is 0 Å². The Morgan fingerprint density at radius 1 is 1.17 bits per heavy atom. The van der Waals surface area contributed by atoms with E-state index in [1.54, 1.807) is 0 Å². The van der Waals surface area contributed by atoms with Crippen molar-refractivity contribution in [1.82, 2.24) is 9.97 Å². The first-order valence-corrected chi connectivity index (χ1v) is 9.19. The minimum Gasteiger partial charge on any atom is -0.371 e. The highest BCUT2D eigenvalue weighted by Crippen LogP contribution is 2.23. The summed E-state index contributed by atoms with van der Waals surface area (Å²) in [6, 6.07) is 9.98. The van der Waals surface area contributed by atoms with Gasteiger partial charge >= 0.3 is 0 Å². The normalized spacial score (nSPS) is 14.0. The number of aryl methyl sites for hydroxylation is 2. The number of amides is 1. The van der Waals surface area contributed by atoms with E-state index in [4.69, 9.17) is 0 Å². The molecule has 126 valence electrons. The van der Waals surface area contributed by atoms with Crippen molar-refractivity contribution in [2.45, 2.75) is 31.8 Å². The Hall–Kier alpha value is -2.08. The molecule has 1 aromatic heterocycles. The van der Waals surface area contributed by atoms with Gasteiger partial charge in [-0.2, -0.15) is 0 Å². The van der Waals surface area contributed by atoms with E-state index in [1.165, 1.54) is 30.3 Å². The highest BCUT2D eigenvalue weighted by Gasteiger charge is 2.13. The molecule has 1 amide bonds. The molecule has 0 unspecified atom stereocenters. The predicted octanol–water partition coefficient (Wildman–Crippen LogP) is 3.42. The van der Waals surface area contributed by atoms with Gasteiger partial charge in [-0.05, 0) is 51.0 Å². The van der Waals surface area contributed by atoms with Gasteiger partial charge < -0.3 is 10.2 Å². The molecule has 0 radical (unpaired) electrons. The second-order valence-electron chi connectivity index (χ2n) is 6.01. The molecule has 1 N–H and O–H groups in total. The van der Waals surface area contributed by atoms with Crippen LogP contribution >= 0.6 is 11.8 Å². The van der Waals surface area contributed by atoms with Crippen molar-refractivity contribution in [3.05, 3.63) is 41.7 Å². The molecule has 1 aromatic carbocycles. The lowest BCUT2D eigenvalue weighted by Gasteiger charge is -2.18. The van der Waals surface area contributed by atoms with Crippen molar-refractivity contribution in [1.29, 1.82) is 0 Å². The number of carbonyl (C=O) groups is 1. The summed E-state index contributed by atoms with van der Waals surface area (Å²) in [7, 11) is 0. The number of carbonyl (C=O) groups excluding carboxylic acids is 1. The summed E-state index contributed by atoms with van der Waals surface area (Å²) >= 11 is 1.36. The van der Waals surface area contributed by atoms with Crippen molar-refractivity contribution in [2.75, 3.05) is 29.1 Å². The summed E-state index contributed by atoms with van der Waals surface area (Å²) in [5, 5.41) is 3.61. The molecule has 24 heavy (non-hydrogen) atoms. The third kappa shape index (κ3) is 4.47. The van der Waals surface area contributed by atoms with E-state index in [1.807, 2.05) is 38.1 Å². The zero-order valence-electron chi connectivity index (χ0n) is 14.1. The van der Waals surface area contributed by atoms with Gasteiger partial charge in [0.15, 0.2) is 5.16 Å². The number of aromatic nitrogens is 2. The van der Waals surface area contributed by atoms with E-state index >= 15 is 0 Å². The largest absolute Gasteiger partial charge is 0.371 e. The van der Waals surface area contributed by atoms with Gasteiger partial charge in [0, 0.05) is 35.9 Å². The second kappa shape index (κ2) is 7.66. The Kier molecular flexibility index (Phi) is 5.35. The van der Waals surface area contributed by atoms with Gasteiger partial charge in [-0.25, -0.2) is 9.97 Å². The number of rotatable bonds is 5. The summed E-state index contributed by atoms with van der Waals surface area (Å²) in [6.45, 7) is 6.06. The fourth-order valence-corrected chi connectivity index (χ4v) is 3.59. The molecular formula is C18H22N4OS. The van der Waals surface area contributed by atoms with Crippen LogP contribution in [-0.2, 0) is 4.79 Å². The fraction of sp³-hybridized carbons (Fsp3) is 0.389. The molecule has 1 saturated heterocycles. The van der Waals surface area contributed by atoms with Crippen LogP contribution < -0.4 is 10.2 Å². The number of nitrogens with one attached hydrogen (secondary N) is 1. The van der Waals surface area contributed by atoms with Crippen LogP contribution in [0.3, 0.4) is 0 Å². The molecule has 1 aliphatic heterocycles. The average molecular weight is 342 g/mol. The smallest absolute Gasteiger partial charge is 0.234 e. The van der Waals surface area contributed by atoms with Crippen LogP contribution in [0, 0.1) is 13.8 Å². The summed E-state index contributed by atoms with van der Waals surface area (Å²) in [6.07, 6.45) is 2.48. The highest BCUT2D eigenvalue weighted by atomic mass is 32.2. The number of hydrogen-bond donors (Lipinski definition) is 1. The first kappa shape index (κ1) is 16.8. The molecule has 0 spiro atoms. The maximum absolute atomic E-state index is 12.2. The van der Waals surface area contributed by atoms with Crippen molar-refractivity contribution >= 4 is 29.0 Å². The van der Waals surface area contributed by atoms with E-state index in [0.717, 1.165) is 30.2 Å². The number of thioether (sulfide) groups is 1. The molecule has 0 atom stereocenters. The average Bonchev–Trinajstić information content (AvgIpc) is 3.07. The van der Waals surface area contributed by atoms with Crippen LogP contribution in [-0.4, -0.2) is 34.7 Å². The zero-order valence-corrected chi connectivity index (χ0v) is 14.9. The Morgan fingerprint density at radius 3 is 2.58 bits per heavy atom. The second-order valence-corrected chi connectivity index (χ2v) is 6.96. The molecule has 1 aliphatic rings. The fourth-order valence-electron chi connectivity index (χ4n) is 2.84. The molecule has 0 bridgehead atoms. The number of nitrogens with zero attached hydrogens (tertiary/aromatic N) is 3. The minimum atomic E-state index is -0.0404. The molecule has 3 rings (SSSR count). The summed E-state index contributed by atoms with van der Waals surface area (Å²) in [5.41, 5.74) is 3.86. The Morgan fingerprint density at radius 2 is 1.88 bits per heavy atom. The van der Waals surface area contributed by atoms with Crippen LogP contribution in [0.1, 0.15) is 24.2 Å². The lowest BCUT2D eigenvalue weighted by atomic mass is 10.2. The highest BCUT2D eigenvalue weighted by molar-refractivity contribution is 7.99. The SMILES string of the molecule is Cc1cc(C)nc(SCC(=O)Nc2cccc(N3CCCC3)c2)n1. The van der Waals surface area contributed by atoms with E-state index in [-0.39, 0.29) is 5.91 Å². The van der Waals surface area contributed by atoms with Gasteiger partial charge in [-0.15, -0.1) is 0 Å². The van der Waals surface area contributed by atoms with Gasteiger partial charge in [-0.3, -0.25) is 4.79 Å². The lowest BCUT2D eigenvalue weighted by molar-refractivity contribution is -0.113. The van der Waals surface area contributed by atoms with Crippen molar-refractivity contribution in [3.8, 4) is 0 Å². The molecular weight excluding hydrogens is 320 g/mol. The van der Waals surface area contributed by atoms with Crippen molar-refractivity contribution < 1.29 is 4.79 Å². The molecule has 1 fully saturated rings. The first-order valence-electron chi connectivity index (χ1n) is 8.20. The standard InChI is InChI=1S/C18H22N4OS/c1-13-10-14(2)20-18(19-13)24-12-17(23)21-15-6-5-7-16(11-15)22-8-3-4-9-22/h5-7,10-11H,3-4,8-9,12H2,1-2H3,(H,21,23). The Bertz CT molecular complexity index is 708.